The smallest absolute Gasteiger partial charge is 0.161 e. The Labute approximate surface area is 161 Å². The van der Waals surface area contributed by atoms with E-state index in [1.807, 2.05) is 30.3 Å². The van der Waals surface area contributed by atoms with Crippen LogP contribution in [0.25, 0.3) is 0 Å². The highest BCUT2D eigenvalue weighted by Crippen LogP contribution is 2.27. The van der Waals surface area contributed by atoms with Crippen LogP contribution in [0, 0.1) is 0 Å². The molecule has 0 radical (unpaired) electrons. The molecule has 0 aromatic heterocycles. The fraction of sp³-hybridized carbons (Fsp3) is 0.429. The highest BCUT2D eigenvalue weighted by atomic mass is 16.5. The summed E-state index contributed by atoms with van der Waals surface area (Å²) in [5, 5.41) is 12.2. The number of nitrogens with two attached hydrogens (primary N) is 1. The standard InChI is InChI=1S/C21H29NO5/c1-24-19-7-4-16(5-8-19)10-11-22-13-18(23)15-27-14-17-6-9-20(25-2)21(12-17)26-3/h4-9,12,18,22-23H,10-11,13-15H2,1-3H3/p+1/t18-/m0/s1. The van der Waals surface area contributed by atoms with Crippen molar-refractivity contribution < 1.29 is 29.4 Å². The quantitative estimate of drug-likeness (QED) is 0.548. The predicted molar refractivity (Wildman–Crippen MR) is 104 cm³/mol. The van der Waals surface area contributed by atoms with Crippen LogP contribution in [0.15, 0.2) is 42.5 Å². The van der Waals surface area contributed by atoms with Crippen LogP contribution in [0.1, 0.15) is 11.1 Å². The molecule has 6 nitrogen and oxygen atoms in total. The molecule has 2 aromatic carbocycles. The van der Waals surface area contributed by atoms with E-state index >= 15 is 0 Å². The molecular formula is C21H30NO5+. The first kappa shape index (κ1) is 21.0. The molecule has 0 saturated carbocycles. The lowest BCUT2D eigenvalue weighted by Crippen LogP contribution is -2.87. The van der Waals surface area contributed by atoms with Gasteiger partial charge in [-0.25, -0.2) is 0 Å². The molecule has 6 heteroatoms. The van der Waals surface area contributed by atoms with Gasteiger partial charge in [0.2, 0.25) is 0 Å². The van der Waals surface area contributed by atoms with Crippen molar-refractivity contribution in [2.24, 2.45) is 0 Å². The number of hydrogen-bond donors (Lipinski definition) is 2. The summed E-state index contributed by atoms with van der Waals surface area (Å²) in [6, 6.07) is 13.7. The average molecular weight is 376 g/mol. The number of hydrogen-bond acceptors (Lipinski definition) is 5. The zero-order valence-corrected chi connectivity index (χ0v) is 16.3. The van der Waals surface area contributed by atoms with Gasteiger partial charge in [-0.2, -0.15) is 0 Å². The molecule has 0 aliphatic heterocycles. The summed E-state index contributed by atoms with van der Waals surface area (Å²) in [7, 11) is 4.88. The first-order chi connectivity index (χ1) is 13.2. The Balaban J connectivity index is 1.62. The van der Waals surface area contributed by atoms with Crippen LogP contribution >= 0.6 is 0 Å². The lowest BCUT2D eigenvalue weighted by molar-refractivity contribution is -0.660. The monoisotopic (exact) mass is 376 g/mol. The summed E-state index contributed by atoms with van der Waals surface area (Å²) in [4.78, 5) is 0. The zero-order chi connectivity index (χ0) is 19.5. The lowest BCUT2D eigenvalue weighted by atomic mass is 10.1. The van der Waals surface area contributed by atoms with Gasteiger partial charge in [-0.15, -0.1) is 0 Å². The SMILES string of the molecule is COc1ccc(CC[NH2+]C[C@H](O)COCc2ccc(OC)c(OC)c2)cc1. The summed E-state index contributed by atoms with van der Waals surface area (Å²) in [6.07, 6.45) is 0.449. The molecule has 0 aliphatic rings. The van der Waals surface area contributed by atoms with Gasteiger partial charge < -0.3 is 29.4 Å². The van der Waals surface area contributed by atoms with Crippen molar-refractivity contribution in [1.82, 2.24) is 0 Å². The molecule has 0 fully saturated rings. The van der Waals surface area contributed by atoms with Gasteiger partial charge in [0.1, 0.15) is 18.4 Å². The van der Waals surface area contributed by atoms with Gasteiger partial charge in [-0.3, -0.25) is 0 Å². The van der Waals surface area contributed by atoms with Crippen molar-refractivity contribution in [3.8, 4) is 17.2 Å². The molecule has 0 bridgehead atoms. The second-order valence-corrected chi connectivity index (χ2v) is 6.27. The third-order valence-electron chi connectivity index (χ3n) is 4.26. The summed E-state index contributed by atoms with van der Waals surface area (Å²) in [5.41, 5.74) is 2.23. The van der Waals surface area contributed by atoms with Gasteiger partial charge in [0.25, 0.3) is 0 Å². The fourth-order valence-electron chi connectivity index (χ4n) is 2.72. The molecule has 148 valence electrons. The Bertz CT molecular complexity index is 675. The number of methoxy groups -OCH3 is 3. The third-order valence-corrected chi connectivity index (χ3v) is 4.26. The molecule has 2 rings (SSSR count). The van der Waals surface area contributed by atoms with E-state index in [2.05, 4.69) is 17.4 Å². The van der Waals surface area contributed by atoms with Crippen LogP contribution in [-0.4, -0.2) is 52.2 Å². The van der Waals surface area contributed by atoms with Gasteiger partial charge in [0, 0.05) is 6.42 Å². The number of aliphatic hydroxyl groups is 1. The van der Waals surface area contributed by atoms with Crippen LogP contribution in [0.5, 0.6) is 17.2 Å². The Morgan fingerprint density at radius 3 is 2.26 bits per heavy atom. The molecule has 0 heterocycles. The normalized spacial score (nSPS) is 11.9. The molecule has 1 atom stereocenters. The van der Waals surface area contributed by atoms with E-state index in [1.165, 1.54) is 5.56 Å². The Hall–Kier alpha value is -2.28. The maximum absolute atomic E-state index is 10.1. The Morgan fingerprint density at radius 1 is 0.889 bits per heavy atom. The largest absolute Gasteiger partial charge is 0.497 e. The topological polar surface area (TPSA) is 73.8 Å². The zero-order valence-electron chi connectivity index (χ0n) is 16.3. The van der Waals surface area contributed by atoms with Gasteiger partial charge >= 0.3 is 0 Å². The fourth-order valence-corrected chi connectivity index (χ4v) is 2.72. The van der Waals surface area contributed by atoms with Crippen LogP contribution in [-0.2, 0) is 17.8 Å². The molecule has 27 heavy (non-hydrogen) atoms. The van der Waals surface area contributed by atoms with Gasteiger partial charge in [-0.05, 0) is 35.4 Å². The van der Waals surface area contributed by atoms with Crippen molar-refractivity contribution in [3.05, 3.63) is 53.6 Å². The van der Waals surface area contributed by atoms with Crippen LogP contribution in [0.4, 0.5) is 0 Å². The van der Waals surface area contributed by atoms with Crippen LogP contribution in [0.2, 0.25) is 0 Å². The van der Waals surface area contributed by atoms with E-state index in [9.17, 15) is 5.11 Å². The van der Waals surface area contributed by atoms with E-state index in [1.54, 1.807) is 21.3 Å². The van der Waals surface area contributed by atoms with Crippen LogP contribution in [0.3, 0.4) is 0 Å². The minimum Gasteiger partial charge on any atom is -0.497 e. The first-order valence-electron chi connectivity index (χ1n) is 9.07. The number of benzene rings is 2. The third kappa shape index (κ3) is 7.09. The average Bonchev–Trinajstić information content (AvgIpc) is 2.71. The number of rotatable bonds is 12. The van der Waals surface area contributed by atoms with E-state index in [-0.39, 0.29) is 0 Å². The molecule has 0 saturated heterocycles. The van der Waals surface area contributed by atoms with Gasteiger partial charge in [0.05, 0.1) is 41.1 Å². The lowest BCUT2D eigenvalue weighted by Gasteiger charge is -2.12. The number of quaternary nitrogens is 1. The highest BCUT2D eigenvalue weighted by molar-refractivity contribution is 5.42. The molecule has 3 N–H and O–H groups in total. The molecular weight excluding hydrogens is 346 g/mol. The Kier molecular flexibility index (Phi) is 8.91. The second-order valence-electron chi connectivity index (χ2n) is 6.27. The second kappa shape index (κ2) is 11.4. The summed E-state index contributed by atoms with van der Waals surface area (Å²) >= 11 is 0. The maximum atomic E-state index is 10.1. The number of ether oxygens (including phenoxy) is 4. The maximum Gasteiger partial charge on any atom is 0.161 e. The molecule has 0 spiro atoms. The van der Waals surface area contributed by atoms with Crippen molar-refractivity contribution in [1.29, 1.82) is 0 Å². The summed E-state index contributed by atoms with van der Waals surface area (Å²) in [5.74, 6) is 2.23. The van der Waals surface area contributed by atoms with Crippen molar-refractivity contribution in [2.45, 2.75) is 19.1 Å². The predicted octanol–water partition coefficient (Wildman–Crippen LogP) is 1.40. The van der Waals surface area contributed by atoms with E-state index in [0.29, 0.717) is 31.3 Å². The summed E-state index contributed by atoms with van der Waals surface area (Å²) in [6.45, 7) is 2.25. The molecule has 2 aromatic rings. The van der Waals surface area contributed by atoms with E-state index < -0.39 is 6.10 Å². The van der Waals surface area contributed by atoms with E-state index in [4.69, 9.17) is 18.9 Å². The highest BCUT2D eigenvalue weighted by Gasteiger charge is 2.08. The minimum absolute atomic E-state index is 0.299. The number of aliphatic hydroxyl groups excluding tert-OH is 1. The molecule has 0 aliphatic carbocycles. The van der Waals surface area contributed by atoms with Gasteiger partial charge in [0.15, 0.2) is 11.5 Å². The van der Waals surface area contributed by atoms with Crippen molar-refractivity contribution in [3.63, 3.8) is 0 Å². The summed E-state index contributed by atoms with van der Waals surface area (Å²) < 4.78 is 21.3. The minimum atomic E-state index is -0.499. The van der Waals surface area contributed by atoms with Crippen molar-refractivity contribution in [2.75, 3.05) is 41.0 Å². The first-order valence-corrected chi connectivity index (χ1v) is 9.07. The molecule has 0 unspecified atom stereocenters. The Morgan fingerprint density at radius 2 is 1.59 bits per heavy atom. The van der Waals surface area contributed by atoms with Gasteiger partial charge in [-0.1, -0.05) is 18.2 Å². The molecule has 0 amide bonds. The van der Waals surface area contributed by atoms with Crippen LogP contribution < -0.4 is 19.5 Å². The van der Waals surface area contributed by atoms with Crippen molar-refractivity contribution >= 4 is 0 Å². The van der Waals surface area contributed by atoms with E-state index in [0.717, 1.165) is 24.3 Å².